The number of benzene rings is 2. The Morgan fingerprint density at radius 3 is 2.42 bits per heavy atom. The molecular formula is C22H26N2O2. The first kappa shape index (κ1) is 18.2. The van der Waals surface area contributed by atoms with Crippen LogP contribution >= 0.6 is 0 Å². The second-order valence-corrected chi connectivity index (χ2v) is 6.36. The van der Waals surface area contributed by atoms with Crippen LogP contribution < -0.4 is 10.3 Å². The van der Waals surface area contributed by atoms with E-state index in [2.05, 4.69) is 35.9 Å². The molecule has 0 aliphatic rings. The first-order chi connectivity index (χ1) is 12.7. The number of nitrogens with zero attached hydrogens (tertiary/aromatic N) is 1. The minimum atomic E-state index is -0.0169. The number of fused-ring (bicyclic) bond motifs is 1. The number of H-pyrrole nitrogens is 1. The molecule has 0 aliphatic carbocycles. The zero-order valence-corrected chi connectivity index (χ0v) is 15.7. The summed E-state index contributed by atoms with van der Waals surface area (Å²) in [5.74, 6) is 0.739. The molecule has 1 aromatic heterocycles. The number of aromatic nitrogens is 1. The highest BCUT2D eigenvalue weighted by Gasteiger charge is 2.15. The summed E-state index contributed by atoms with van der Waals surface area (Å²) in [6, 6.07) is 16.0. The Morgan fingerprint density at radius 1 is 1.04 bits per heavy atom. The average Bonchev–Trinajstić information content (AvgIpc) is 2.68. The van der Waals surface area contributed by atoms with Gasteiger partial charge in [-0.3, -0.25) is 4.79 Å². The van der Waals surface area contributed by atoms with Gasteiger partial charge in [-0.2, -0.15) is 0 Å². The molecule has 0 bridgehead atoms. The molecular weight excluding hydrogens is 324 g/mol. The highest BCUT2D eigenvalue weighted by Crippen LogP contribution is 2.31. The zero-order chi connectivity index (χ0) is 18.5. The van der Waals surface area contributed by atoms with Crippen LogP contribution in [0.4, 0.5) is 0 Å². The van der Waals surface area contributed by atoms with Gasteiger partial charge in [0.1, 0.15) is 5.75 Å². The van der Waals surface area contributed by atoms with Crippen LogP contribution in [0.25, 0.3) is 22.0 Å². The number of methoxy groups -OCH3 is 1. The van der Waals surface area contributed by atoms with Crippen molar-refractivity contribution in [2.45, 2.75) is 20.3 Å². The summed E-state index contributed by atoms with van der Waals surface area (Å²) in [6.07, 6.45) is 0.725. The molecule has 2 aromatic carbocycles. The maximum absolute atomic E-state index is 12.9. The number of hydrogen-bond donors (Lipinski definition) is 1. The summed E-state index contributed by atoms with van der Waals surface area (Å²) in [6.45, 7) is 7.15. The molecule has 3 aromatic rings. The SMILES string of the molecule is CCN(CC)CCc1c(-c2ccccc2)c2ccc(OC)cc2[nH]c1=O. The van der Waals surface area contributed by atoms with E-state index in [4.69, 9.17) is 4.74 Å². The first-order valence-electron chi connectivity index (χ1n) is 9.18. The number of aromatic amines is 1. The molecule has 0 unspecified atom stereocenters. The fraction of sp³-hybridized carbons (Fsp3) is 0.318. The number of hydrogen-bond acceptors (Lipinski definition) is 3. The van der Waals surface area contributed by atoms with Crippen LogP contribution in [0.5, 0.6) is 5.75 Å². The van der Waals surface area contributed by atoms with E-state index >= 15 is 0 Å². The summed E-state index contributed by atoms with van der Waals surface area (Å²) in [4.78, 5) is 18.3. The van der Waals surface area contributed by atoms with Gasteiger partial charge >= 0.3 is 0 Å². The smallest absolute Gasteiger partial charge is 0.252 e. The molecule has 0 saturated carbocycles. The van der Waals surface area contributed by atoms with E-state index in [-0.39, 0.29) is 5.56 Å². The minimum Gasteiger partial charge on any atom is -0.497 e. The molecule has 136 valence electrons. The van der Waals surface area contributed by atoms with Crippen LogP contribution in [0.3, 0.4) is 0 Å². The van der Waals surface area contributed by atoms with Gasteiger partial charge in [0.15, 0.2) is 0 Å². The second-order valence-electron chi connectivity index (χ2n) is 6.36. The zero-order valence-electron chi connectivity index (χ0n) is 15.7. The third-order valence-corrected chi connectivity index (χ3v) is 4.96. The molecule has 0 fully saturated rings. The van der Waals surface area contributed by atoms with Gasteiger partial charge in [0.05, 0.1) is 12.6 Å². The molecule has 0 amide bonds. The predicted octanol–water partition coefficient (Wildman–Crippen LogP) is 4.09. The summed E-state index contributed by atoms with van der Waals surface area (Å²) >= 11 is 0. The molecule has 0 radical (unpaired) electrons. The number of ether oxygens (including phenoxy) is 1. The summed E-state index contributed by atoms with van der Waals surface area (Å²) < 4.78 is 5.32. The van der Waals surface area contributed by atoms with Gasteiger partial charge in [-0.05, 0) is 42.8 Å². The fourth-order valence-corrected chi connectivity index (χ4v) is 3.43. The van der Waals surface area contributed by atoms with Crippen molar-refractivity contribution < 1.29 is 4.74 Å². The Bertz CT molecular complexity index is 928. The third-order valence-electron chi connectivity index (χ3n) is 4.96. The van der Waals surface area contributed by atoms with Gasteiger partial charge in [0.25, 0.3) is 5.56 Å². The maximum atomic E-state index is 12.9. The molecule has 0 saturated heterocycles. The largest absolute Gasteiger partial charge is 0.497 e. The van der Waals surface area contributed by atoms with Gasteiger partial charge in [0.2, 0.25) is 0 Å². The lowest BCUT2D eigenvalue weighted by Crippen LogP contribution is -2.27. The topological polar surface area (TPSA) is 45.3 Å². The Kier molecular flexibility index (Phi) is 5.74. The normalized spacial score (nSPS) is 11.2. The van der Waals surface area contributed by atoms with Crippen molar-refractivity contribution in [3.8, 4) is 16.9 Å². The van der Waals surface area contributed by atoms with Gasteiger partial charge in [-0.15, -0.1) is 0 Å². The van der Waals surface area contributed by atoms with Crippen LogP contribution in [-0.2, 0) is 6.42 Å². The number of rotatable bonds is 7. The molecule has 1 N–H and O–H groups in total. The van der Waals surface area contributed by atoms with Gasteiger partial charge < -0.3 is 14.6 Å². The van der Waals surface area contributed by atoms with Gasteiger partial charge in [-0.25, -0.2) is 0 Å². The second kappa shape index (κ2) is 8.19. The molecule has 1 heterocycles. The van der Waals surface area contributed by atoms with Crippen molar-refractivity contribution >= 4 is 10.9 Å². The van der Waals surface area contributed by atoms with Crippen molar-refractivity contribution in [2.75, 3.05) is 26.7 Å². The van der Waals surface area contributed by atoms with Crippen LogP contribution in [0, 0.1) is 0 Å². The van der Waals surface area contributed by atoms with E-state index < -0.39 is 0 Å². The molecule has 0 spiro atoms. The van der Waals surface area contributed by atoms with E-state index in [9.17, 15) is 4.79 Å². The fourth-order valence-electron chi connectivity index (χ4n) is 3.43. The minimum absolute atomic E-state index is 0.0169. The predicted molar refractivity (Wildman–Crippen MR) is 108 cm³/mol. The average molecular weight is 350 g/mol. The molecule has 4 heteroatoms. The number of likely N-dealkylation sites (N-methyl/N-ethyl adjacent to an activating group) is 1. The van der Waals surface area contributed by atoms with Crippen LogP contribution in [0.15, 0.2) is 53.3 Å². The monoisotopic (exact) mass is 350 g/mol. The Morgan fingerprint density at radius 2 is 1.77 bits per heavy atom. The Balaban J connectivity index is 2.19. The molecule has 0 aliphatic heterocycles. The summed E-state index contributed by atoms with van der Waals surface area (Å²) in [7, 11) is 1.63. The van der Waals surface area contributed by atoms with Gasteiger partial charge in [-0.1, -0.05) is 44.2 Å². The van der Waals surface area contributed by atoms with E-state index in [1.165, 1.54) is 0 Å². The van der Waals surface area contributed by atoms with Crippen LogP contribution in [0.2, 0.25) is 0 Å². The highest BCUT2D eigenvalue weighted by molar-refractivity contribution is 5.96. The lowest BCUT2D eigenvalue weighted by molar-refractivity contribution is 0.308. The van der Waals surface area contributed by atoms with E-state index in [1.807, 2.05) is 36.4 Å². The van der Waals surface area contributed by atoms with Crippen LogP contribution in [-0.4, -0.2) is 36.6 Å². The maximum Gasteiger partial charge on any atom is 0.252 e. The summed E-state index contributed by atoms with van der Waals surface area (Å²) in [5.41, 5.74) is 3.74. The lowest BCUT2D eigenvalue weighted by Gasteiger charge is -2.19. The summed E-state index contributed by atoms with van der Waals surface area (Å²) in [5, 5.41) is 1.05. The van der Waals surface area contributed by atoms with Crippen LogP contribution in [0.1, 0.15) is 19.4 Å². The Labute approximate surface area is 154 Å². The molecule has 3 rings (SSSR count). The molecule has 26 heavy (non-hydrogen) atoms. The van der Waals surface area contributed by atoms with Crippen molar-refractivity contribution in [3.63, 3.8) is 0 Å². The van der Waals surface area contributed by atoms with Crippen molar-refractivity contribution in [1.29, 1.82) is 0 Å². The first-order valence-corrected chi connectivity index (χ1v) is 9.18. The number of pyridine rings is 1. The van der Waals surface area contributed by atoms with Gasteiger partial charge in [0, 0.05) is 23.6 Å². The molecule has 4 nitrogen and oxygen atoms in total. The third kappa shape index (κ3) is 3.65. The Hall–Kier alpha value is -2.59. The lowest BCUT2D eigenvalue weighted by atomic mass is 9.94. The number of nitrogens with one attached hydrogen (secondary N) is 1. The van der Waals surface area contributed by atoms with Crippen molar-refractivity contribution in [3.05, 3.63) is 64.4 Å². The van der Waals surface area contributed by atoms with E-state index in [0.717, 1.165) is 59.4 Å². The van der Waals surface area contributed by atoms with E-state index in [1.54, 1.807) is 7.11 Å². The quantitative estimate of drug-likeness (QED) is 0.698. The van der Waals surface area contributed by atoms with Crippen molar-refractivity contribution in [2.24, 2.45) is 0 Å². The van der Waals surface area contributed by atoms with E-state index in [0.29, 0.717) is 0 Å². The molecule has 0 atom stereocenters. The standard InChI is InChI=1S/C22H26N2O2/c1-4-24(5-2)14-13-19-21(16-9-7-6-8-10-16)18-12-11-17(26-3)15-20(18)23-22(19)25/h6-12,15H,4-5,13-14H2,1-3H3,(H,23,25). The highest BCUT2D eigenvalue weighted by atomic mass is 16.5. The van der Waals surface area contributed by atoms with Crippen molar-refractivity contribution in [1.82, 2.24) is 9.88 Å².